The van der Waals surface area contributed by atoms with E-state index in [2.05, 4.69) is 129 Å². The number of hydrogen-bond acceptors (Lipinski definition) is 11. The third-order valence-electron chi connectivity index (χ3n) is 15.5. The normalized spacial score (nSPS) is 14.7. The number of Topliss-reactive ketones (excluding diaryl/α,β-unsaturated/α-hetero) is 1. The predicted octanol–water partition coefficient (Wildman–Crippen LogP) is 9.16. The Morgan fingerprint density at radius 2 is 0.950 bits per heavy atom. The minimum absolute atomic E-state index is 0.00543. The van der Waals surface area contributed by atoms with Crippen molar-refractivity contribution < 1.29 is 28.8 Å². The number of nitrogens with zero attached hydrogens (tertiary/aromatic N) is 7. The molecule has 0 aliphatic heterocycles. The highest BCUT2D eigenvalue weighted by Crippen LogP contribution is 2.29. The van der Waals surface area contributed by atoms with Crippen LogP contribution in [0.4, 0.5) is 0 Å². The van der Waals surface area contributed by atoms with Gasteiger partial charge in [-0.05, 0) is 101 Å². The Morgan fingerprint density at radius 3 is 1.43 bits per heavy atom. The monoisotopic (exact) mass is 1120 g/mol. The van der Waals surface area contributed by atoms with Crippen LogP contribution in [-0.2, 0) is 28.8 Å². The van der Waals surface area contributed by atoms with Crippen molar-refractivity contribution in [1.29, 1.82) is 0 Å². The molecular formula is C64H116N10O6. The standard InChI is InChI=1S/C64H116N10O6/c1-29-30-31-46(14)36-57(70(24)47(15)38-69(23)64(80)58(35-43(8)9)72(26)51(19)55(33-41(4)5)71(25)50(18)44(10)11)62(78)65-37-59(76)68(22)39-60(77)74(28)56(34-42(6)7)63(79)67-61(45(12)13)52(20)73(27)54(32-40(2)3)49(17)66-48(16)53(21)75/h29-30,40-46,48,54-58,61,66H,15,17-20,31-39H2,1-14,16,21-28H3,(H,65,78)(H,67,79)/b30-29+/t46?,48?,54-,55?,56?,57?,58?,61?/m0/s1. The van der Waals surface area contributed by atoms with Crippen molar-refractivity contribution in [3.63, 3.8) is 0 Å². The molecular weight excluding hydrogens is 1000 g/mol. The van der Waals surface area contributed by atoms with Crippen molar-refractivity contribution in [3.05, 3.63) is 73.5 Å². The molecule has 0 fully saturated rings. The van der Waals surface area contributed by atoms with Crippen LogP contribution >= 0.6 is 0 Å². The van der Waals surface area contributed by atoms with Crippen LogP contribution in [-0.4, -0.2) is 181 Å². The van der Waals surface area contributed by atoms with Gasteiger partial charge in [0.15, 0.2) is 5.78 Å². The van der Waals surface area contributed by atoms with E-state index in [0.717, 1.165) is 30.7 Å². The van der Waals surface area contributed by atoms with Crippen LogP contribution in [0.3, 0.4) is 0 Å². The second kappa shape index (κ2) is 35.3. The summed E-state index contributed by atoms with van der Waals surface area (Å²) in [5.74, 6) is -0.590. The van der Waals surface area contributed by atoms with Gasteiger partial charge >= 0.3 is 0 Å². The SMILES string of the molecule is C=C(NC(C)C(C)=O)[C@H](CC(C)C)N(C)C(=C)C(NC(=O)C(CC(C)C)N(C)C(=O)CN(C)C(=O)CNC(=O)C(CC(C)C/C=C/C)N(C)C(=C)CN(C)C(=O)C(CC(C)C)N(C)C(=C)C(CC(C)C)N(C)C(=C)C(C)C)C(C)C. The van der Waals surface area contributed by atoms with E-state index in [1.807, 2.05) is 64.6 Å². The molecule has 7 unspecified atom stereocenters. The number of amides is 5. The molecule has 5 amide bonds. The minimum Gasteiger partial charge on any atom is -0.378 e. The van der Waals surface area contributed by atoms with Gasteiger partial charge in [0.1, 0.15) is 18.1 Å². The molecule has 16 nitrogen and oxygen atoms in total. The molecule has 0 heterocycles. The summed E-state index contributed by atoms with van der Waals surface area (Å²) in [7, 11) is 12.6. The lowest BCUT2D eigenvalue weighted by molar-refractivity contribution is -0.143. The number of carbonyl (C=O) groups is 6. The lowest BCUT2D eigenvalue weighted by Crippen LogP contribution is -2.55. The van der Waals surface area contributed by atoms with Gasteiger partial charge in [0.25, 0.3) is 0 Å². The van der Waals surface area contributed by atoms with Crippen LogP contribution < -0.4 is 16.0 Å². The Hall–Kier alpha value is -5.54. The summed E-state index contributed by atoms with van der Waals surface area (Å²) < 4.78 is 0. The fourth-order valence-corrected chi connectivity index (χ4v) is 9.74. The summed E-state index contributed by atoms with van der Waals surface area (Å²) in [5.41, 5.74) is 3.75. The molecule has 458 valence electrons. The van der Waals surface area contributed by atoms with Crippen molar-refractivity contribution in [2.75, 3.05) is 69.0 Å². The zero-order chi connectivity index (χ0) is 62.4. The first kappa shape index (κ1) is 74.5. The van der Waals surface area contributed by atoms with Crippen molar-refractivity contribution >= 4 is 35.3 Å². The van der Waals surface area contributed by atoms with Gasteiger partial charge in [-0.3, -0.25) is 28.8 Å². The van der Waals surface area contributed by atoms with Gasteiger partial charge in [0.2, 0.25) is 29.5 Å². The maximum absolute atomic E-state index is 14.6. The summed E-state index contributed by atoms with van der Waals surface area (Å²) in [6.45, 7) is 53.9. The lowest BCUT2D eigenvalue weighted by Gasteiger charge is -2.42. The van der Waals surface area contributed by atoms with Crippen LogP contribution in [0.2, 0.25) is 0 Å². The zero-order valence-corrected chi connectivity index (χ0v) is 54.7. The first-order valence-electron chi connectivity index (χ1n) is 29.4. The highest BCUT2D eigenvalue weighted by Gasteiger charge is 2.36. The molecule has 80 heavy (non-hydrogen) atoms. The number of nitrogens with one attached hydrogen (secondary N) is 3. The number of ketones is 1. The smallest absolute Gasteiger partial charge is 0.245 e. The molecule has 0 aliphatic rings. The van der Waals surface area contributed by atoms with E-state index in [1.165, 1.54) is 23.8 Å². The average Bonchev–Trinajstić information content (AvgIpc) is 3.36. The third-order valence-corrected chi connectivity index (χ3v) is 15.5. The molecule has 8 atom stereocenters. The summed E-state index contributed by atoms with van der Waals surface area (Å²) >= 11 is 0. The highest BCUT2D eigenvalue weighted by molar-refractivity contribution is 5.92. The maximum atomic E-state index is 14.6. The fourth-order valence-electron chi connectivity index (χ4n) is 9.74. The fraction of sp³-hybridized carbons (Fsp3) is 0.719. The van der Waals surface area contributed by atoms with Crippen molar-refractivity contribution in [1.82, 2.24) is 50.2 Å². The molecule has 16 heteroatoms. The lowest BCUT2D eigenvalue weighted by atomic mass is 9.94. The van der Waals surface area contributed by atoms with Gasteiger partial charge in [0.05, 0.1) is 43.8 Å². The van der Waals surface area contributed by atoms with Crippen LogP contribution in [0.1, 0.15) is 149 Å². The molecule has 0 bridgehead atoms. The van der Waals surface area contributed by atoms with E-state index < -0.39 is 42.0 Å². The van der Waals surface area contributed by atoms with E-state index in [0.29, 0.717) is 48.2 Å². The van der Waals surface area contributed by atoms with E-state index in [1.54, 1.807) is 37.9 Å². The molecule has 0 radical (unpaired) electrons. The Bertz CT molecular complexity index is 2110. The number of rotatable bonds is 39. The van der Waals surface area contributed by atoms with Gasteiger partial charge in [-0.1, -0.05) is 135 Å². The molecule has 0 rings (SSSR count). The first-order chi connectivity index (χ1) is 36.8. The number of hydrogen-bond donors (Lipinski definition) is 3. The molecule has 0 aromatic rings. The quantitative estimate of drug-likeness (QED) is 0.0504. The second-order valence-corrected chi connectivity index (χ2v) is 25.3. The van der Waals surface area contributed by atoms with Crippen LogP contribution in [0.15, 0.2) is 73.5 Å². The summed E-state index contributed by atoms with van der Waals surface area (Å²) in [6.07, 6.45) is 7.74. The van der Waals surface area contributed by atoms with Gasteiger partial charge in [0, 0.05) is 77.8 Å². The largest absolute Gasteiger partial charge is 0.378 e. The van der Waals surface area contributed by atoms with Gasteiger partial charge in [-0.15, -0.1) is 0 Å². The minimum atomic E-state index is -0.862. The zero-order valence-electron chi connectivity index (χ0n) is 54.7. The first-order valence-corrected chi connectivity index (χ1v) is 29.4. The van der Waals surface area contributed by atoms with Crippen LogP contribution in [0.25, 0.3) is 0 Å². The van der Waals surface area contributed by atoms with Gasteiger partial charge in [-0.2, -0.15) is 0 Å². The summed E-state index contributed by atoms with van der Waals surface area (Å²) in [4.78, 5) is 95.6. The Kier molecular flexibility index (Phi) is 32.9. The summed E-state index contributed by atoms with van der Waals surface area (Å²) in [6, 6.07) is -3.30. The van der Waals surface area contributed by atoms with E-state index in [9.17, 15) is 28.8 Å². The molecule has 0 aromatic carbocycles. The average molecular weight is 1120 g/mol. The molecule has 0 aliphatic carbocycles. The van der Waals surface area contributed by atoms with Gasteiger partial charge < -0.3 is 50.2 Å². The molecule has 0 saturated heterocycles. The topological polar surface area (TPSA) is 161 Å². The van der Waals surface area contributed by atoms with E-state index >= 15 is 0 Å². The Balaban J connectivity index is 6.47. The molecule has 0 spiro atoms. The van der Waals surface area contributed by atoms with E-state index in [-0.39, 0.29) is 84.8 Å². The van der Waals surface area contributed by atoms with Crippen molar-refractivity contribution in [2.24, 2.45) is 41.4 Å². The van der Waals surface area contributed by atoms with Gasteiger partial charge in [-0.25, -0.2) is 0 Å². The number of likely N-dealkylation sites (N-methyl/N-ethyl adjacent to an activating group) is 7. The van der Waals surface area contributed by atoms with Crippen molar-refractivity contribution in [2.45, 2.75) is 192 Å². The molecule has 0 saturated carbocycles. The molecule has 3 N–H and O–H groups in total. The predicted molar refractivity (Wildman–Crippen MR) is 333 cm³/mol. The van der Waals surface area contributed by atoms with Crippen LogP contribution in [0, 0.1) is 41.4 Å². The number of carbonyl (C=O) groups excluding carboxylic acids is 6. The maximum Gasteiger partial charge on any atom is 0.245 e. The number of allylic oxidation sites excluding steroid dienone is 3. The Morgan fingerprint density at radius 1 is 0.487 bits per heavy atom. The van der Waals surface area contributed by atoms with Crippen molar-refractivity contribution in [3.8, 4) is 0 Å². The summed E-state index contributed by atoms with van der Waals surface area (Å²) in [5, 5.41) is 9.32. The molecule has 0 aromatic heterocycles. The Labute approximate surface area is 488 Å². The van der Waals surface area contributed by atoms with Crippen LogP contribution in [0.5, 0.6) is 0 Å². The highest BCUT2D eigenvalue weighted by atomic mass is 16.2. The van der Waals surface area contributed by atoms with E-state index in [4.69, 9.17) is 0 Å². The third kappa shape index (κ3) is 24.3. The second-order valence-electron chi connectivity index (χ2n) is 25.3.